The number of nitro groups is 1. The van der Waals surface area contributed by atoms with Crippen LogP contribution in [0, 0.1) is 21.4 Å². The van der Waals surface area contributed by atoms with Crippen LogP contribution in [0.1, 0.15) is 5.56 Å². The summed E-state index contributed by atoms with van der Waals surface area (Å²) in [5, 5.41) is 23.2. The highest BCUT2D eigenvalue weighted by Crippen LogP contribution is 2.28. The minimum atomic E-state index is -0.650. The molecule has 0 aromatic heterocycles. The average molecular weight is 358 g/mol. The first-order valence-electron chi connectivity index (χ1n) is 6.95. The number of rotatable bonds is 5. The number of amides is 1. The molecule has 0 saturated carbocycles. The van der Waals surface area contributed by atoms with Crippen LogP contribution in [0.25, 0.3) is 6.08 Å². The zero-order valence-corrected chi connectivity index (χ0v) is 13.8. The van der Waals surface area contributed by atoms with Crippen LogP contribution >= 0.6 is 11.6 Å². The van der Waals surface area contributed by atoms with Gasteiger partial charge in [0.1, 0.15) is 11.6 Å². The summed E-state index contributed by atoms with van der Waals surface area (Å²) in [7, 11) is 1.32. The monoisotopic (exact) mass is 357 g/mol. The number of benzene rings is 2. The highest BCUT2D eigenvalue weighted by molar-refractivity contribution is 6.31. The van der Waals surface area contributed by atoms with Gasteiger partial charge in [-0.25, -0.2) is 0 Å². The Morgan fingerprint density at radius 3 is 2.72 bits per heavy atom. The minimum Gasteiger partial charge on any atom is -0.490 e. The van der Waals surface area contributed by atoms with Crippen molar-refractivity contribution >= 4 is 35.0 Å². The smallest absolute Gasteiger partial charge is 0.311 e. The van der Waals surface area contributed by atoms with E-state index in [0.29, 0.717) is 16.3 Å². The third-order valence-electron chi connectivity index (χ3n) is 3.16. The molecule has 0 unspecified atom stereocenters. The van der Waals surface area contributed by atoms with Gasteiger partial charge in [-0.15, -0.1) is 0 Å². The molecule has 0 saturated heterocycles. The summed E-state index contributed by atoms with van der Waals surface area (Å²) in [4.78, 5) is 22.6. The maximum Gasteiger partial charge on any atom is 0.311 e. The predicted molar refractivity (Wildman–Crippen MR) is 93.3 cm³/mol. The molecule has 0 radical (unpaired) electrons. The van der Waals surface area contributed by atoms with Crippen LogP contribution < -0.4 is 10.1 Å². The van der Waals surface area contributed by atoms with E-state index >= 15 is 0 Å². The molecule has 7 nitrogen and oxygen atoms in total. The van der Waals surface area contributed by atoms with Crippen LogP contribution in [-0.4, -0.2) is 17.9 Å². The second-order valence-electron chi connectivity index (χ2n) is 4.82. The third kappa shape index (κ3) is 4.56. The molecule has 0 fully saturated rings. The average Bonchev–Trinajstić information content (AvgIpc) is 2.59. The van der Waals surface area contributed by atoms with E-state index in [0.717, 1.165) is 0 Å². The van der Waals surface area contributed by atoms with Crippen LogP contribution in [0.2, 0.25) is 5.02 Å². The number of nitrogens with one attached hydrogen (secondary N) is 1. The topological polar surface area (TPSA) is 105 Å². The molecule has 8 heteroatoms. The first kappa shape index (κ1) is 18.0. The van der Waals surface area contributed by atoms with Crippen molar-refractivity contribution in [1.29, 1.82) is 5.26 Å². The number of methoxy groups -OCH3 is 1. The van der Waals surface area contributed by atoms with Crippen molar-refractivity contribution in [1.82, 2.24) is 0 Å². The van der Waals surface area contributed by atoms with Gasteiger partial charge >= 0.3 is 5.69 Å². The number of carbonyl (C=O) groups is 1. The molecule has 2 rings (SSSR count). The number of nitriles is 1. The van der Waals surface area contributed by atoms with Gasteiger partial charge in [-0.1, -0.05) is 23.7 Å². The van der Waals surface area contributed by atoms with Gasteiger partial charge < -0.3 is 10.1 Å². The Balaban J connectivity index is 2.31. The number of hydrogen-bond donors (Lipinski definition) is 1. The quantitative estimate of drug-likeness (QED) is 0.379. The molecule has 1 N–H and O–H groups in total. The van der Waals surface area contributed by atoms with Crippen molar-refractivity contribution < 1.29 is 14.5 Å². The first-order chi connectivity index (χ1) is 11.9. The van der Waals surface area contributed by atoms with Crippen LogP contribution in [0.3, 0.4) is 0 Å². The van der Waals surface area contributed by atoms with E-state index in [2.05, 4.69) is 5.32 Å². The molecular formula is C17H12ClN3O4. The summed E-state index contributed by atoms with van der Waals surface area (Å²) in [6.07, 6.45) is 1.26. The zero-order valence-electron chi connectivity index (χ0n) is 13.0. The van der Waals surface area contributed by atoms with Gasteiger partial charge in [0, 0.05) is 16.8 Å². The Hall–Kier alpha value is -3.37. The van der Waals surface area contributed by atoms with E-state index in [1.807, 2.05) is 0 Å². The number of ether oxygens (including phenoxy) is 1. The summed E-state index contributed by atoms with van der Waals surface area (Å²) >= 11 is 5.84. The summed E-state index contributed by atoms with van der Waals surface area (Å²) in [5.74, 6) is -0.563. The van der Waals surface area contributed by atoms with Crippen molar-refractivity contribution in [2.45, 2.75) is 0 Å². The van der Waals surface area contributed by atoms with Crippen molar-refractivity contribution in [2.24, 2.45) is 0 Å². The summed E-state index contributed by atoms with van der Waals surface area (Å²) in [5.41, 5.74) is 0.285. The summed E-state index contributed by atoms with van der Waals surface area (Å²) in [6, 6.07) is 12.4. The van der Waals surface area contributed by atoms with Crippen LogP contribution in [0.4, 0.5) is 11.4 Å². The Morgan fingerprint density at radius 2 is 2.12 bits per heavy atom. The van der Waals surface area contributed by atoms with Crippen molar-refractivity contribution in [3.63, 3.8) is 0 Å². The maximum absolute atomic E-state index is 12.2. The van der Waals surface area contributed by atoms with Gasteiger partial charge in [-0.3, -0.25) is 14.9 Å². The Labute approximate surface area is 148 Å². The molecule has 0 aliphatic carbocycles. The van der Waals surface area contributed by atoms with E-state index in [-0.39, 0.29) is 17.0 Å². The number of halogens is 1. The molecule has 2 aromatic rings. The van der Waals surface area contributed by atoms with Crippen molar-refractivity contribution in [3.8, 4) is 11.8 Å². The number of nitrogens with zero attached hydrogens (tertiary/aromatic N) is 2. The fourth-order valence-corrected chi connectivity index (χ4v) is 2.21. The van der Waals surface area contributed by atoms with Crippen molar-refractivity contribution in [2.75, 3.05) is 12.4 Å². The Morgan fingerprint density at radius 1 is 1.36 bits per heavy atom. The molecule has 0 aliphatic heterocycles. The lowest BCUT2D eigenvalue weighted by Gasteiger charge is -2.05. The maximum atomic E-state index is 12.2. The Kier molecular flexibility index (Phi) is 5.71. The normalized spacial score (nSPS) is 10.7. The number of anilines is 1. The van der Waals surface area contributed by atoms with E-state index in [9.17, 15) is 20.2 Å². The van der Waals surface area contributed by atoms with Gasteiger partial charge in [-0.2, -0.15) is 5.26 Å². The second kappa shape index (κ2) is 7.95. The molecular weight excluding hydrogens is 346 g/mol. The van der Waals surface area contributed by atoms with Gasteiger partial charge in [0.05, 0.1) is 12.0 Å². The van der Waals surface area contributed by atoms with Crippen LogP contribution in [-0.2, 0) is 4.79 Å². The lowest BCUT2D eigenvalue weighted by Crippen LogP contribution is -2.13. The fraction of sp³-hybridized carbons (Fsp3) is 0.0588. The SMILES string of the molecule is COc1ccc(/C=C(/C#N)C(=O)Nc2cccc(Cl)c2)cc1[N+](=O)[O-]. The largest absolute Gasteiger partial charge is 0.490 e. The van der Waals surface area contributed by atoms with E-state index in [4.69, 9.17) is 16.3 Å². The van der Waals surface area contributed by atoms with E-state index in [1.165, 1.54) is 37.5 Å². The van der Waals surface area contributed by atoms with Crippen LogP contribution in [0.5, 0.6) is 5.75 Å². The van der Waals surface area contributed by atoms with Gasteiger partial charge in [0.25, 0.3) is 5.91 Å². The molecule has 0 atom stereocenters. The minimum absolute atomic E-state index is 0.0871. The Bertz CT molecular complexity index is 903. The van der Waals surface area contributed by atoms with Gasteiger partial charge in [-0.05, 0) is 35.9 Å². The second-order valence-corrected chi connectivity index (χ2v) is 5.26. The first-order valence-corrected chi connectivity index (χ1v) is 7.33. The summed E-state index contributed by atoms with van der Waals surface area (Å²) in [6.45, 7) is 0. The predicted octanol–water partition coefficient (Wildman–Crippen LogP) is 3.80. The molecule has 0 heterocycles. The molecule has 126 valence electrons. The molecule has 2 aromatic carbocycles. The van der Waals surface area contributed by atoms with Gasteiger partial charge in [0.2, 0.25) is 0 Å². The highest BCUT2D eigenvalue weighted by Gasteiger charge is 2.16. The standard InChI is InChI=1S/C17H12ClN3O4/c1-25-16-6-5-11(8-15(16)21(23)24)7-12(10-19)17(22)20-14-4-2-3-13(18)9-14/h2-9H,1H3,(H,20,22)/b12-7-. The lowest BCUT2D eigenvalue weighted by molar-refractivity contribution is -0.385. The zero-order chi connectivity index (χ0) is 18.4. The summed E-state index contributed by atoms with van der Waals surface area (Å²) < 4.78 is 4.91. The third-order valence-corrected chi connectivity index (χ3v) is 3.39. The molecule has 0 aliphatic rings. The molecule has 1 amide bonds. The fourth-order valence-electron chi connectivity index (χ4n) is 2.02. The van der Waals surface area contributed by atoms with E-state index < -0.39 is 10.8 Å². The number of nitro benzene ring substituents is 1. The number of hydrogen-bond acceptors (Lipinski definition) is 5. The molecule has 25 heavy (non-hydrogen) atoms. The van der Waals surface area contributed by atoms with Crippen molar-refractivity contribution in [3.05, 3.63) is 68.7 Å². The number of carbonyl (C=O) groups excluding carboxylic acids is 1. The van der Waals surface area contributed by atoms with Crippen LogP contribution in [0.15, 0.2) is 48.0 Å². The molecule has 0 bridgehead atoms. The highest BCUT2D eigenvalue weighted by atomic mass is 35.5. The van der Waals surface area contributed by atoms with E-state index in [1.54, 1.807) is 24.3 Å². The lowest BCUT2D eigenvalue weighted by atomic mass is 10.1. The molecule has 0 spiro atoms. The van der Waals surface area contributed by atoms with Gasteiger partial charge in [0.15, 0.2) is 5.75 Å².